The molecular weight excluding hydrogens is 478 g/mol. The van der Waals surface area contributed by atoms with Crippen LogP contribution in [0.5, 0.6) is 17.2 Å². The molecule has 0 spiro atoms. The molecule has 2 aliphatic rings. The minimum absolute atomic E-state index is 0.118. The molecule has 2 amide bonds. The Bertz CT molecular complexity index is 1270. The Hall–Kier alpha value is -3.59. The van der Waals surface area contributed by atoms with Crippen LogP contribution >= 0.6 is 11.3 Å². The zero-order valence-corrected chi connectivity index (χ0v) is 21.2. The van der Waals surface area contributed by atoms with Crippen LogP contribution in [-0.4, -0.2) is 61.7 Å². The first-order valence-corrected chi connectivity index (χ1v) is 12.9. The van der Waals surface area contributed by atoms with Gasteiger partial charge >= 0.3 is 0 Å². The smallest absolute Gasteiger partial charge is 0.274 e. The van der Waals surface area contributed by atoms with Gasteiger partial charge in [0.05, 0.1) is 22.6 Å². The van der Waals surface area contributed by atoms with Crippen molar-refractivity contribution in [2.24, 2.45) is 5.92 Å². The second-order valence-corrected chi connectivity index (χ2v) is 10.1. The minimum Gasteiger partial charge on any atom is -0.497 e. The zero-order chi connectivity index (χ0) is 25.1. The molecule has 1 aromatic heterocycles. The lowest BCUT2D eigenvalue weighted by Gasteiger charge is -2.23. The molecular formula is C27H29N3O5S. The Balaban J connectivity index is 1.31. The maximum Gasteiger partial charge on any atom is 0.274 e. The first-order valence-electron chi connectivity index (χ1n) is 12.1. The quantitative estimate of drug-likeness (QED) is 0.467. The van der Waals surface area contributed by atoms with E-state index >= 15 is 0 Å². The number of benzene rings is 2. The number of nitrogens with zero attached hydrogens (tertiary/aromatic N) is 2. The fraction of sp³-hybridized carbons (Fsp3) is 0.370. The molecule has 36 heavy (non-hydrogen) atoms. The largest absolute Gasteiger partial charge is 0.497 e. The van der Waals surface area contributed by atoms with Gasteiger partial charge < -0.3 is 24.4 Å². The van der Waals surface area contributed by atoms with Crippen molar-refractivity contribution in [2.45, 2.75) is 19.8 Å². The van der Waals surface area contributed by atoms with Crippen LogP contribution in [0, 0.1) is 12.8 Å². The number of fused-ring (bicyclic) bond motifs is 1. The molecule has 0 bridgehead atoms. The molecule has 8 nitrogen and oxygen atoms in total. The average Bonchev–Trinajstić information content (AvgIpc) is 3.65. The monoisotopic (exact) mass is 507 g/mol. The summed E-state index contributed by atoms with van der Waals surface area (Å²) in [7, 11) is 1.62. The molecule has 1 aliphatic carbocycles. The third-order valence-electron chi connectivity index (χ3n) is 6.21. The summed E-state index contributed by atoms with van der Waals surface area (Å²) in [5.74, 6) is 1.89. The van der Waals surface area contributed by atoms with E-state index in [0.29, 0.717) is 61.5 Å². The third kappa shape index (κ3) is 5.31. The van der Waals surface area contributed by atoms with Gasteiger partial charge in [-0.2, -0.15) is 0 Å². The van der Waals surface area contributed by atoms with Gasteiger partial charge in [0.1, 0.15) is 24.7 Å². The van der Waals surface area contributed by atoms with Gasteiger partial charge in [0.25, 0.3) is 11.8 Å². The number of carbonyl (C=O) groups is 2. The first kappa shape index (κ1) is 24.1. The van der Waals surface area contributed by atoms with Gasteiger partial charge in [-0.05, 0) is 55.5 Å². The number of aromatic nitrogens is 1. The van der Waals surface area contributed by atoms with Crippen LogP contribution in [0.2, 0.25) is 0 Å². The number of carbonyl (C=O) groups excluding carboxylic acids is 2. The molecule has 1 N–H and O–H groups in total. The Labute approximate surface area is 214 Å². The van der Waals surface area contributed by atoms with Gasteiger partial charge in [-0.3, -0.25) is 9.59 Å². The Morgan fingerprint density at radius 1 is 1.17 bits per heavy atom. The highest BCUT2D eigenvalue weighted by Gasteiger charge is 2.30. The highest BCUT2D eigenvalue weighted by Crippen LogP contribution is 2.35. The van der Waals surface area contributed by atoms with E-state index in [1.54, 1.807) is 25.3 Å². The summed E-state index contributed by atoms with van der Waals surface area (Å²) in [6.07, 6.45) is 2.23. The number of amides is 2. The van der Waals surface area contributed by atoms with Crippen LogP contribution in [0.1, 0.15) is 38.7 Å². The summed E-state index contributed by atoms with van der Waals surface area (Å²) in [4.78, 5) is 33.8. The van der Waals surface area contributed by atoms with Gasteiger partial charge in [-0.1, -0.05) is 18.2 Å². The number of thiazole rings is 1. The average molecular weight is 508 g/mol. The van der Waals surface area contributed by atoms with Crippen LogP contribution in [0.3, 0.4) is 0 Å². The van der Waals surface area contributed by atoms with E-state index in [9.17, 15) is 9.59 Å². The van der Waals surface area contributed by atoms with Crippen molar-refractivity contribution in [2.75, 3.05) is 40.0 Å². The number of ether oxygens (including phenoxy) is 3. The third-order valence-corrected chi connectivity index (χ3v) is 7.23. The summed E-state index contributed by atoms with van der Waals surface area (Å²) in [6.45, 7) is 4.14. The molecule has 2 heterocycles. The van der Waals surface area contributed by atoms with Gasteiger partial charge in [0, 0.05) is 19.6 Å². The predicted octanol–water partition coefficient (Wildman–Crippen LogP) is 4.18. The van der Waals surface area contributed by atoms with Crippen LogP contribution in [0.15, 0.2) is 42.5 Å². The fourth-order valence-electron chi connectivity index (χ4n) is 4.22. The van der Waals surface area contributed by atoms with E-state index in [4.69, 9.17) is 14.2 Å². The van der Waals surface area contributed by atoms with Crippen LogP contribution in [0.4, 0.5) is 0 Å². The molecule has 2 aromatic carbocycles. The molecule has 1 saturated carbocycles. The highest BCUT2D eigenvalue weighted by atomic mass is 32.1. The highest BCUT2D eigenvalue weighted by molar-refractivity contribution is 7.15. The van der Waals surface area contributed by atoms with Crippen LogP contribution < -0.4 is 19.5 Å². The number of methoxy groups -OCH3 is 1. The summed E-state index contributed by atoms with van der Waals surface area (Å²) < 4.78 is 16.6. The SMILES string of the molecule is COc1cccc(-c2sc(C)nc2C(=O)N(CCNC(=O)c2cccc3c2OCCO3)CC2CC2)c1. The molecule has 0 unspecified atom stereocenters. The van der Waals surface area contributed by atoms with E-state index in [-0.39, 0.29) is 11.8 Å². The van der Waals surface area contributed by atoms with Gasteiger partial charge in [-0.15, -0.1) is 11.3 Å². The maximum atomic E-state index is 13.7. The number of nitrogens with one attached hydrogen (secondary N) is 1. The summed E-state index contributed by atoms with van der Waals surface area (Å²) >= 11 is 1.50. The van der Waals surface area contributed by atoms with E-state index in [1.807, 2.05) is 36.1 Å². The van der Waals surface area contributed by atoms with Crippen molar-refractivity contribution >= 4 is 23.2 Å². The molecule has 5 rings (SSSR count). The molecule has 3 aromatic rings. The molecule has 0 atom stereocenters. The lowest BCUT2D eigenvalue weighted by atomic mass is 10.1. The standard InChI is InChI=1S/C27H29N3O5S/c1-17-29-23(25(36-17)19-5-3-6-20(15-19)33-2)27(32)30(16-18-9-10-18)12-11-28-26(31)21-7-4-8-22-24(21)35-14-13-34-22/h3-8,15,18H,9-14,16H2,1-2H3,(H,28,31). The minimum atomic E-state index is -0.252. The van der Waals surface area contributed by atoms with Gasteiger partial charge in [0.15, 0.2) is 11.5 Å². The topological polar surface area (TPSA) is 90.0 Å². The summed E-state index contributed by atoms with van der Waals surface area (Å²) in [5, 5.41) is 3.77. The zero-order valence-electron chi connectivity index (χ0n) is 20.4. The lowest BCUT2D eigenvalue weighted by Crippen LogP contribution is -2.40. The Morgan fingerprint density at radius 3 is 2.78 bits per heavy atom. The number of rotatable bonds is 9. The number of hydrogen-bond donors (Lipinski definition) is 1. The molecule has 0 radical (unpaired) electrons. The van der Waals surface area contributed by atoms with Gasteiger partial charge in [-0.25, -0.2) is 4.98 Å². The van der Waals surface area contributed by atoms with E-state index < -0.39 is 0 Å². The fourth-order valence-corrected chi connectivity index (χ4v) is 5.13. The second kappa shape index (κ2) is 10.6. The van der Waals surface area contributed by atoms with Crippen molar-refractivity contribution in [1.29, 1.82) is 0 Å². The first-order chi connectivity index (χ1) is 17.5. The predicted molar refractivity (Wildman–Crippen MR) is 137 cm³/mol. The van der Waals surface area contributed by atoms with Crippen molar-refractivity contribution in [3.63, 3.8) is 0 Å². The molecule has 188 valence electrons. The van der Waals surface area contributed by atoms with Crippen LogP contribution in [0.25, 0.3) is 10.4 Å². The molecule has 9 heteroatoms. The number of para-hydroxylation sites is 1. The molecule has 1 aliphatic heterocycles. The van der Waals surface area contributed by atoms with Crippen molar-refractivity contribution in [1.82, 2.24) is 15.2 Å². The maximum absolute atomic E-state index is 13.7. The van der Waals surface area contributed by atoms with E-state index in [0.717, 1.165) is 34.0 Å². The Kier molecular flexibility index (Phi) is 7.09. The summed E-state index contributed by atoms with van der Waals surface area (Å²) in [6, 6.07) is 12.9. The van der Waals surface area contributed by atoms with E-state index in [1.165, 1.54) is 11.3 Å². The lowest BCUT2D eigenvalue weighted by molar-refractivity contribution is 0.0736. The van der Waals surface area contributed by atoms with Gasteiger partial charge in [0.2, 0.25) is 0 Å². The van der Waals surface area contributed by atoms with E-state index in [2.05, 4.69) is 10.3 Å². The second-order valence-electron chi connectivity index (χ2n) is 8.92. The van der Waals surface area contributed by atoms with Crippen molar-refractivity contribution in [3.8, 4) is 27.7 Å². The van der Waals surface area contributed by atoms with Crippen LogP contribution in [-0.2, 0) is 0 Å². The van der Waals surface area contributed by atoms with Crippen molar-refractivity contribution in [3.05, 3.63) is 58.7 Å². The molecule has 0 saturated heterocycles. The normalized spacial score (nSPS) is 14.3. The summed E-state index contributed by atoms with van der Waals surface area (Å²) in [5.41, 5.74) is 1.78. The Morgan fingerprint density at radius 2 is 1.97 bits per heavy atom. The molecule has 1 fully saturated rings. The number of aryl methyl sites for hydroxylation is 1. The van der Waals surface area contributed by atoms with Crippen molar-refractivity contribution < 1.29 is 23.8 Å². The number of hydrogen-bond acceptors (Lipinski definition) is 7.